The third-order valence-corrected chi connectivity index (χ3v) is 4.96. The average Bonchev–Trinajstić information content (AvgIpc) is 3.23. The number of ether oxygens (including phenoxy) is 1. The van der Waals surface area contributed by atoms with E-state index >= 15 is 0 Å². The van der Waals surface area contributed by atoms with Gasteiger partial charge in [0, 0.05) is 11.6 Å². The van der Waals surface area contributed by atoms with E-state index < -0.39 is 16.9 Å². The van der Waals surface area contributed by atoms with E-state index in [4.69, 9.17) is 4.74 Å². The van der Waals surface area contributed by atoms with Crippen molar-refractivity contribution in [1.82, 2.24) is 15.3 Å². The maximum Gasteiger partial charge on any atom is 0.311 e. The van der Waals surface area contributed by atoms with Gasteiger partial charge in [-0.1, -0.05) is 42.5 Å². The number of aromatic amines is 1. The molecule has 1 amide bonds. The molecule has 156 valence electrons. The number of hydrogen-bond acceptors (Lipinski definition) is 5. The Morgan fingerprint density at radius 1 is 1.13 bits per heavy atom. The number of carbonyl (C=O) groups is 1. The van der Waals surface area contributed by atoms with Crippen LogP contribution < -0.4 is 10.1 Å². The molecule has 4 rings (SSSR count). The molecule has 8 heteroatoms. The van der Waals surface area contributed by atoms with Gasteiger partial charge in [-0.3, -0.25) is 14.9 Å². The van der Waals surface area contributed by atoms with Gasteiger partial charge in [-0.05, 0) is 36.2 Å². The molecule has 8 nitrogen and oxygen atoms in total. The van der Waals surface area contributed by atoms with Gasteiger partial charge in [0.05, 0.1) is 29.1 Å². The number of aromatic nitrogens is 2. The minimum atomic E-state index is -0.573. The molecule has 0 radical (unpaired) electrons. The van der Waals surface area contributed by atoms with Crippen molar-refractivity contribution >= 4 is 22.6 Å². The molecule has 31 heavy (non-hydrogen) atoms. The van der Waals surface area contributed by atoms with Crippen molar-refractivity contribution in [2.45, 2.75) is 12.5 Å². The SMILES string of the molecule is COc1ccc(C(=O)NC(Cc2ccccc2)c2nc3ccccc3[nH]2)cc1[N+](=O)[O-]. The second kappa shape index (κ2) is 8.66. The highest BCUT2D eigenvalue weighted by Crippen LogP contribution is 2.28. The maximum absolute atomic E-state index is 13.0. The highest BCUT2D eigenvalue weighted by atomic mass is 16.6. The second-order valence-electron chi connectivity index (χ2n) is 7.00. The lowest BCUT2D eigenvalue weighted by atomic mass is 10.0. The predicted molar refractivity (Wildman–Crippen MR) is 116 cm³/mol. The number of imidazole rings is 1. The van der Waals surface area contributed by atoms with Gasteiger partial charge in [0.1, 0.15) is 5.82 Å². The quantitative estimate of drug-likeness (QED) is 0.347. The van der Waals surface area contributed by atoms with E-state index in [1.807, 2.05) is 54.6 Å². The number of nitro groups is 1. The molecule has 0 spiro atoms. The number of amides is 1. The summed E-state index contributed by atoms with van der Waals surface area (Å²) in [6.07, 6.45) is 0.505. The van der Waals surface area contributed by atoms with E-state index in [2.05, 4.69) is 15.3 Å². The summed E-state index contributed by atoms with van der Waals surface area (Å²) in [6, 6.07) is 21.0. The molecule has 0 saturated carbocycles. The van der Waals surface area contributed by atoms with Crippen LogP contribution in [-0.2, 0) is 6.42 Å². The van der Waals surface area contributed by atoms with Gasteiger partial charge in [0.25, 0.3) is 5.91 Å². The van der Waals surface area contributed by atoms with Gasteiger partial charge >= 0.3 is 5.69 Å². The van der Waals surface area contributed by atoms with Crippen molar-refractivity contribution in [2.75, 3.05) is 7.11 Å². The van der Waals surface area contributed by atoms with Crippen molar-refractivity contribution in [1.29, 1.82) is 0 Å². The standard InChI is InChI=1S/C23H20N4O4/c1-31-21-12-11-16(14-20(21)27(29)30)23(28)26-19(13-15-7-3-2-4-8-15)22-24-17-9-5-6-10-18(17)25-22/h2-12,14,19H,13H2,1H3,(H,24,25)(H,26,28). The smallest absolute Gasteiger partial charge is 0.311 e. The average molecular weight is 416 g/mol. The zero-order chi connectivity index (χ0) is 21.8. The number of fused-ring (bicyclic) bond motifs is 1. The molecule has 0 aliphatic rings. The molecule has 0 fully saturated rings. The molecular weight excluding hydrogens is 396 g/mol. The fourth-order valence-corrected chi connectivity index (χ4v) is 3.42. The highest BCUT2D eigenvalue weighted by molar-refractivity contribution is 5.95. The number of nitrogens with one attached hydrogen (secondary N) is 2. The summed E-state index contributed by atoms with van der Waals surface area (Å²) in [5.74, 6) is 0.272. The van der Waals surface area contributed by atoms with Crippen molar-refractivity contribution in [3.63, 3.8) is 0 Å². The summed E-state index contributed by atoms with van der Waals surface area (Å²) in [6.45, 7) is 0. The second-order valence-corrected chi connectivity index (χ2v) is 7.00. The van der Waals surface area contributed by atoms with E-state index in [1.165, 1.54) is 25.3 Å². The first-order valence-corrected chi connectivity index (χ1v) is 9.67. The minimum absolute atomic E-state index is 0.0969. The van der Waals surface area contributed by atoms with Crippen LogP contribution in [0, 0.1) is 10.1 Å². The zero-order valence-corrected chi connectivity index (χ0v) is 16.7. The third-order valence-electron chi connectivity index (χ3n) is 4.96. The highest BCUT2D eigenvalue weighted by Gasteiger charge is 2.23. The maximum atomic E-state index is 13.0. The van der Waals surface area contributed by atoms with Gasteiger partial charge in [-0.25, -0.2) is 4.98 Å². The molecule has 0 bridgehead atoms. The molecule has 1 aromatic heterocycles. The van der Waals surface area contributed by atoms with Crippen LogP contribution in [0.4, 0.5) is 5.69 Å². The molecule has 1 heterocycles. The first kappa shape index (κ1) is 20.1. The Hall–Kier alpha value is -4.20. The fourth-order valence-electron chi connectivity index (χ4n) is 3.42. The number of rotatable bonds is 7. The normalized spacial score (nSPS) is 11.8. The lowest BCUT2D eigenvalue weighted by Crippen LogP contribution is -2.30. The van der Waals surface area contributed by atoms with Crippen molar-refractivity contribution < 1.29 is 14.5 Å². The van der Waals surface area contributed by atoms with Gasteiger partial charge < -0.3 is 15.0 Å². The summed E-state index contributed by atoms with van der Waals surface area (Å²) in [4.78, 5) is 31.6. The van der Waals surface area contributed by atoms with Gasteiger partial charge in [0.2, 0.25) is 0 Å². The Bertz CT molecular complexity index is 1200. The van der Waals surface area contributed by atoms with E-state index in [9.17, 15) is 14.9 Å². The van der Waals surface area contributed by atoms with Gasteiger partial charge in [-0.15, -0.1) is 0 Å². The number of nitro benzene ring substituents is 1. The molecule has 2 N–H and O–H groups in total. The third kappa shape index (κ3) is 4.37. The Morgan fingerprint density at radius 2 is 1.87 bits per heavy atom. The molecule has 1 atom stereocenters. The first-order chi connectivity index (χ1) is 15.0. The van der Waals surface area contributed by atoms with Gasteiger partial charge in [0.15, 0.2) is 5.75 Å². The summed E-state index contributed by atoms with van der Waals surface area (Å²) in [5.41, 5.74) is 2.59. The molecule has 0 aliphatic heterocycles. The van der Waals surface area contributed by atoms with E-state index in [0.29, 0.717) is 12.2 Å². The Balaban J connectivity index is 1.66. The Kier molecular flexibility index (Phi) is 5.61. The molecule has 3 aromatic carbocycles. The van der Waals surface area contributed by atoms with E-state index in [0.717, 1.165) is 16.6 Å². The van der Waals surface area contributed by atoms with Crippen molar-refractivity contribution in [3.05, 3.63) is 99.9 Å². The van der Waals surface area contributed by atoms with Crippen LogP contribution in [-0.4, -0.2) is 27.9 Å². The first-order valence-electron chi connectivity index (χ1n) is 9.67. The lowest BCUT2D eigenvalue weighted by Gasteiger charge is -2.17. The monoisotopic (exact) mass is 416 g/mol. The number of carbonyl (C=O) groups excluding carboxylic acids is 1. The number of para-hydroxylation sites is 2. The van der Waals surface area contributed by atoms with Crippen LogP contribution in [0.3, 0.4) is 0 Å². The van der Waals surface area contributed by atoms with Crippen LogP contribution in [0.15, 0.2) is 72.8 Å². The molecule has 0 aliphatic carbocycles. The predicted octanol–water partition coefficient (Wildman–Crippen LogP) is 4.19. The van der Waals surface area contributed by atoms with Crippen LogP contribution in [0.1, 0.15) is 27.8 Å². The summed E-state index contributed by atoms with van der Waals surface area (Å²) >= 11 is 0. The Morgan fingerprint density at radius 3 is 2.58 bits per heavy atom. The molecular formula is C23H20N4O4. The lowest BCUT2D eigenvalue weighted by molar-refractivity contribution is -0.385. The summed E-state index contributed by atoms with van der Waals surface area (Å²) < 4.78 is 5.02. The van der Waals surface area contributed by atoms with E-state index in [-0.39, 0.29) is 17.0 Å². The number of nitrogens with zero attached hydrogens (tertiary/aromatic N) is 2. The zero-order valence-electron chi connectivity index (χ0n) is 16.7. The Labute approximate surface area is 178 Å². The van der Waals surface area contributed by atoms with Crippen LogP contribution in [0.2, 0.25) is 0 Å². The fraction of sp³-hybridized carbons (Fsp3) is 0.130. The number of hydrogen-bond donors (Lipinski definition) is 2. The van der Waals surface area contributed by atoms with Gasteiger partial charge in [-0.2, -0.15) is 0 Å². The molecule has 1 unspecified atom stereocenters. The minimum Gasteiger partial charge on any atom is -0.490 e. The van der Waals surface area contributed by atoms with Crippen LogP contribution in [0.25, 0.3) is 11.0 Å². The largest absolute Gasteiger partial charge is 0.490 e. The number of methoxy groups -OCH3 is 1. The number of benzene rings is 3. The molecule has 0 saturated heterocycles. The number of H-pyrrole nitrogens is 1. The molecule has 4 aromatic rings. The van der Waals surface area contributed by atoms with Crippen LogP contribution in [0.5, 0.6) is 5.75 Å². The summed E-state index contributed by atoms with van der Waals surface area (Å²) in [7, 11) is 1.35. The topological polar surface area (TPSA) is 110 Å². The van der Waals surface area contributed by atoms with E-state index in [1.54, 1.807) is 0 Å². The van der Waals surface area contributed by atoms with Crippen LogP contribution >= 0.6 is 0 Å². The van der Waals surface area contributed by atoms with Crippen molar-refractivity contribution in [2.24, 2.45) is 0 Å². The summed E-state index contributed by atoms with van der Waals surface area (Å²) in [5, 5.41) is 14.3. The van der Waals surface area contributed by atoms with Crippen molar-refractivity contribution in [3.8, 4) is 5.75 Å².